The van der Waals surface area contributed by atoms with E-state index in [0.29, 0.717) is 3.92 Å². The third-order valence-electron chi connectivity index (χ3n) is 4.34. The van der Waals surface area contributed by atoms with E-state index in [1.807, 2.05) is 0 Å². The average Bonchev–Trinajstić information content (AvgIpc) is 2.48. The van der Waals surface area contributed by atoms with Gasteiger partial charge in [0, 0.05) is 3.92 Å². The molecule has 0 bridgehead atoms. The molecule has 0 spiro atoms. The van der Waals surface area contributed by atoms with Crippen LogP contribution in [0, 0.1) is 0 Å². The van der Waals surface area contributed by atoms with Crippen molar-refractivity contribution in [3.63, 3.8) is 0 Å². The molecule has 2 heteroatoms. The minimum atomic E-state index is 0.105. The summed E-state index contributed by atoms with van der Waals surface area (Å²) in [5, 5.41) is 0. The van der Waals surface area contributed by atoms with Crippen molar-refractivity contribution in [1.82, 2.24) is 0 Å². The predicted molar refractivity (Wildman–Crippen MR) is 90.2 cm³/mol. The average molecular weight is 372 g/mol. The number of rotatable bonds is 5. The zero-order chi connectivity index (χ0) is 13.7. The number of benzene rings is 1. The molecule has 19 heavy (non-hydrogen) atoms. The molecule has 1 unspecified atom stereocenters. The van der Waals surface area contributed by atoms with Gasteiger partial charge in [-0.25, -0.2) is 0 Å². The van der Waals surface area contributed by atoms with Crippen molar-refractivity contribution >= 4 is 22.6 Å². The molecular weight excluding hydrogens is 347 g/mol. The van der Waals surface area contributed by atoms with Crippen molar-refractivity contribution < 1.29 is 4.74 Å². The highest BCUT2D eigenvalue weighted by molar-refractivity contribution is 14.1. The number of hydrogen-bond donors (Lipinski definition) is 0. The fourth-order valence-electron chi connectivity index (χ4n) is 2.95. The Morgan fingerprint density at radius 1 is 1.11 bits per heavy atom. The summed E-state index contributed by atoms with van der Waals surface area (Å²) >= 11 is 2.51. The van der Waals surface area contributed by atoms with Crippen molar-refractivity contribution in [2.24, 2.45) is 0 Å². The molecule has 0 heterocycles. The van der Waals surface area contributed by atoms with Crippen LogP contribution in [0.5, 0.6) is 5.75 Å². The minimum absolute atomic E-state index is 0.105. The Labute approximate surface area is 131 Å². The Balaban J connectivity index is 2.05. The maximum Gasteiger partial charge on any atom is 0.120 e. The number of ether oxygens (including phenoxy) is 1. The van der Waals surface area contributed by atoms with Crippen molar-refractivity contribution in [2.75, 3.05) is 0 Å². The van der Waals surface area contributed by atoms with Crippen LogP contribution in [0.4, 0.5) is 0 Å². The van der Waals surface area contributed by atoms with Crippen LogP contribution in [0.3, 0.4) is 0 Å². The first-order valence-electron chi connectivity index (χ1n) is 7.62. The largest absolute Gasteiger partial charge is 0.487 e. The van der Waals surface area contributed by atoms with Crippen LogP contribution in [0.1, 0.15) is 68.3 Å². The van der Waals surface area contributed by atoms with Crippen LogP contribution in [-0.4, -0.2) is 5.60 Å². The predicted octanol–water partition coefficient (Wildman–Crippen LogP) is 6.06. The maximum atomic E-state index is 6.36. The van der Waals surface area contributed by atoms with Crippen LogP contribution in [-0.2, 0) is 0 Å². The minimum Gasteiger partial charge on any atom is -0.487 e. The second-order valence-electron chi connectivity index (χ2n) is 5.64. The summed E-state index contributed by atoms with van der Waals surface area (Å²) < 4.78 is 6.97. The van der Waals surface area contributed by atoms with Gasteiger partial charge in [-0.2, -0.15) is 0 Å². The van der Waals surface area contributed by atoms with Crippen LogP contribution < -0.4 is 4.74 Å². The maximum absolute atomic E-state index is 6.36. The molecule has 1 fully saturated rings. The molecule has 1 aliphatic carbocycles. The normalized spacial score (nSPS) is 19.9. The van der Waals surface area contributed by atoms with Gasteiger partial charge >= 0.3 is 0 Å². The van der Waals surface area contributed by atoms with Crippen LogP contribution >= 0.6 is 22.6 Å². The topological polar surface area (TPSA) is 9.23 Å². The molecule has 0 saturated heterocycles. The molecule has 1 aliphatic rings. The third-order valence-corrected chi connectivity index (χ3v) is 5.94. The second kappa shape index (κ2) is 6.96. The van der Waals surface area contributed by atoms with E-state index in [1.54, 1.807) is 0 Å². The Morgan fingerprint density at radius 3 is 2.26 bits per heavy atom. The van der Waals surface area contributed by atoms with Gasteiger partial charge in [0.1, 0.15) is 11.4 Å². The van der Waals surface area contributed by atoms with Crippen LogP contribution in [0.15, 0.2) is 24.3 Å². The second-order valence-corrected chi connectivity index (χ2v) is 7.15. The SMILES string of the molecule is CCC(I)c1ccc(OC2(CC)CCCCC2)cc1. The molecule has 0 aliphatic heterocycles. The van der Waals surface area contributed by atoms with E-state index in [0.717, 1.165) is 12.2 Å². The van der Waals surface area contributed by atoms with Gasteiger partial charge in [0.05, 0.1) is 0 Å². The van der Waals surface area contributed by atoms with Gasteiger partial charge in [-0.3, -0.25) is 0 Å². The lowest BCUT2D eigenvalue weighted by Gasteiger charge is -2.37. The van der Waals surface area contributed by atoms with Crippen molar-refractivity contribution in [1.29, 1.82) is 0 Å². The zero-order valence-electron chi connectivity index (χ0n) is 12.1. The molecule has 1 aromatic rings. The van der Waals surface area contributed by atoms with Crippen LogP contribution in [0.2, 0.25) is 0 Å². The number of hydrogen-bond acceptors (Lipinski definition) is 1. The molecule has 1 atom stereocenters. The molecule has 0 radical (unpaired) electrons. The summed E-state index contributed by atoms with van der Waals surface area (Å²) in [7, 11) is 0. The molecule has 106 valence electrons. The molecule has 0 amide bonds. The quantitative estimate of drug-likeness (QED) is 0.451. The molecule has 1 aromatic carbocycles. The Morgan fingerprint density at radius 2 is 1.74 bits per heavy atom. The third kappa shape index (κ3) is 3.87. The summed E-state index contributed by atoms with van der Waals surface area (Å²) in [6.45, 7) is 4.49. The van der Waals surface area contributed by atoms with E-state index in [1.165, 1.54) is 44.1 Å². The van der Waals surface area contributed by atoms with Gasteiger partial charge < -0.3 is 4.74 Å². The smallest absolute Gasteiger partial charge is 0.120 e. The summed E-state index contributed by atoms with van der Waals surface area (Å²) in [6.07, 6.45) is 8.74. The van der Waals surface area contributed by atoms with Gasteiger partial charge in [-0.05, 0) is 56.2 Å². The highest BCUT2D eigenvalue weighted by atomic mass is 127. The van der Waals surface area contributed by atoms with Crippen molar-refractivity contribution in [2.45, 2.75) is 68.3 Å². The van der Waals surface area contributed by atoms with E-state index >= 15 is 0 Å². The fraction of sp³-hybridized carbons (Fsp3) is 0.647. The Hall–Kier alpha value is -0.250. The van der Waals surface area contributed by atoms with E-state index in [2.05, 4.69) is 60.7 Å². The van der Waals surface area contributed by atoms with Gasteiger partial charge in [0.2, 0.25) is 0 Å². The molecular formula is C17H25IO. The first-order valence-corrected chi connectivity index (χ1v) is 8.87. The number of alkyl halides is 1. The standard InChI is InChI=1S/C17H25IO/c1-3-16(18)14-8-10-15(11-9-14)19-17(4-2)12-6-5-7-13-17/h8-11,16H,3-7,12-13H2,1-2H3. The first kappa shape index (κ1) is 15.1. The first-order chi connectivity index (χ1) is 9.19. The Bertz CT molecular complexity index is 379. The lowest BCUT2D eigenvalue weighted by Crippen LogP contribution is -2.37. The molecule has 0 N–H and O–H groups in total. The molecule has 2 rings (SSSR count). The highest BCUT2D eigenvalue weighted by Crippen LogP contribution is 2.36. The highest BCUT2D eigenvalue weighted by Gasteiger charge is 2.32. The van der Waals surface area contributed by atoms with E-state index < -0.39 is 0 Å². The molecule has 1 nitrogen and oxygen atoms in total. The van der Waals surface area contributed by atoms with Gasteiger partial charge in [0.25, 0.3) is 0 Å². The fourth-order valence-corrected chi connectivity index (χ4v) is 3.37. The summed E-state index contributed by atoms with van der Waals surface area (Å²) in [5.41, 5.74) is 1.51. The molecule has 0 aromatic heterocycles. The van der Waals surface area contributed by atoms with Gasteiger partial charge in [0.15, 0.2) is 0 Å². The van der Waals surface area contributed by atoms with Crippen molar-refractivity contribution in [3.05, 3.63) is 29.8 Å². The molecule has 1 saturated carbocycles. The van der Waals surface area contributed by atoms with Crippen molar-refractivity contribution in [3.8, 4) is 5.75 Å². The summed E-state index contributed by atoms with van der Waals surface area (Å²) in [5.74, 6) is 1.05. The summed E-state index contributed by atoms with van der Waals surface area (Å²) in [6, 6.07) is 8.76. The van der Waals surface area contributed by atoms with E-state index in [9.17, 15) is 0 Å². The lowest BCUT2D eigenvalue weighted by molar-refractivity contribution is 0.0265. The van der Waals surface area contributed by atoms with Gasteiger partial charge in [-0.1, -0.05) is 55.0 Å². The monoisotopic (exact) mass is 372 g/mol. The lowest BCUT2D eigenvalue weighted by atomic mass is 9.82. The summed E-state index contributed by atoms with van der Waals surface area (Å²) in [4.78, 5) is 0. The van der Waals surface area contributed by atoms with E-state index in [-0.39, 0.29) is 5.60 Å². The number of halogens is 1. The zero-order valence-corrected chi connectivity index (χ0v) is 14.3. The Kier molecular flexibility index (Phi) is 5.55. The van der Waals surface area contributed by atoms with E-state index in [4.69, 9.17) is 4.74 Å². The van der Waals surface area contributed by atoms with Crippen LogP contribution in [0.25, 0.3) is 0 Å². The van der Waals surface area contributed by atoms with Gasteiger partial charge in [-0.15, -0.1) is 0 Å².